The summed E-state index contributed by atoms with van der Waals surface area (Å²) in [6, 6.07) is 5.38. The van der Waals surface area contributed by atoms with Gasteiger partial charge in [-0.3, -0.25) is 0 Å². The molecule has 2 atom stereocenters. The van der Waals surface area contributed by atoms with Crippen LogP contribution in [0.5, 0.6) is 0 Å². The van der Waals surface area contributed by atoms with Crippen LogP contribution in [0.15, 0.2) is 23.1 Å². The standard InChI is InChI=1S/C15H23FN2S/c1-10(2)11(8-17)9-18-14-5-6-19-15-4-3-12(16)7-13(14)15/h3-4,7,10-11,14,18H,5-6,8-9,17H2,1-2H3. The first-order valence-electron chi connectivity index (χ1n) is 6.97. The fourth-order valence-corrected chi connectivity index (χ4v) is 3.57. The molecule has 0 aromatic heterocycles. The summed E-state index contributed by atoms with van der Waals surface area (Å²) in [6.07, 6.45) is 1.05. The van der Waals surface area contributed by atoms with Crippen LogP contribution in [0, 0.1) is 17.7 Å². The first kappa shape index (κ1) is 14.8. The van der Waals surface area contributed by atoms with Crippen molar-refractivity contribution in [2.45, 2.75) is 31.2 Å². The van der Waals surface area contributed by atoms with Gasteiger partial charge in [-0.2, -0.15) is 0 Å². The maximum atomic E-state index is 13.4. The lowest BCUT2D eigenvalue weighted by Crippen LogP contribution is -2.35. The van der Waals surface area contributed by atoms with E-state index >= 15 is 0 Å². The Hall–Kier alpha value is -0.580. The van der Waals surface area contributed by atoms with Crippen molar-refractivity contribution < 1.29 is 4.39 Å². The molecule has 2 unspecified atom stereocenters. The molecule has 0 saturated heterocycles. The molecule has 0 spiro atoms. The van der Waals surface area contributed by atoms with Crippen LogP contribution in [0.1, 0.15) is 31.9 Å². The van der Waals surface area contributed by atoms with Crippen LogP contribution in [0.2, 0.25) is 0 Å². The van der Waals surface area contributed by atoms with Crippen LogP contribution < -0.4 is 11.1 Å². The van der Waals surface area contributed by atoms with Crippen molar-refractivity contribution in [2.24, 2.45) is 17.6 Å². The minimum atomic E-state index is -0.146. The second kappa shape index (κ2) is 6.73. The number of hydrogen-bond acceptors (Lipinski definition) is 3. The fraction of sp³-hybridized carbons (Fsp3) is 0.600. The fourth-order valence-electron chi connectivity index (χ4n) is 2.46. The van der Waals surface area contributed by atoms with E-state index in [9.17, 15) is 4.39 Å². The van der Waals surface area contributed by atoms with Crippen molar-refractivity contribution in [1.82, 2.24) is 5.32 Å². The summed E-state index contributed by atoms with van der Waals surface area (Å²) >= 11 is 1.82. The second-order valence-electron chi connectivity index (χ2n) is 5.52. The Balaban J connectivity index is 2.05. The van der Waals surface area contributed by atoms with E-state index in [1.54, 1.807) is 12.1 Å². The van der Waals surface area contributed by atoms with Gasteiger partial charge in [-0.15, -0.1) is 11.8 Å². The first-order valence-corrected chi connectivity index (χ1v) is 7.96. The van der Waals surface area contributed by atoms with Crippen molar-refractivity contribution in [3.05, 3.63) is 29.6 Å². The van der Waals surface area contributed by atoms with Crippen LogP contribution in [0.3, 0.4) is 0 Å². The smallest absolute Gasteiger partial charge is 0.123 e. The second-order valence-corrected chi connectivity index (χ2v) is 6.66. The van der Waals surface area contributed by atoms with Gasteiger partial charge in [0.05, 0.1) is 0 Å². The molecular formula is C15H23FN2S. The Morgan fingerprint density at radius 1 is 1.47 bits per heavy atom. The van der Waals surface area contributed by atoms with Crippen LogP contribution in [0.4, 0.5) is 4.39 Å². The van der Waals surface area contributed by atoms with Crippen molar-refractivity contribution in [1.29, 1.82) is 0 Å². The molecule has 1 aliphatic heterocycles. The highest BCUT2D eigenvalue weighted by molar-refractivity contribution is 7.99. The molecule has 0 aliphatic carbocycles. The molecule has 1 aliphatic rings. The minimum Gasteiger partial charge on any atom is -0.330 e. The average Bonchev–Trinajstić information content (AvgIpc) is 2.39. The molecule has 2 nitrogen and oxygen atoms in total. The number of fused-ring (bicyclic) bond motifs is 1. The highest BCUT2D eigenvalue weighted by Gasteiger charge is 2.22. The summed E-state index contributed by atoms with van der Waals surface area (Å²) in [5.41, 5.74) is 6.91. The molecule has 19 heavy (non-hydrogen) atoms. The summed E-state index contributed by atoms with van der Waals surface area (Å²) in [6.45, 7) is 5.99. The number of thioether (sulfide) groups is 1. The maximum Gasteiger partial charge on any atom is 0.123 e. The third kappa shape index (κ3) is 3.71. The van der Waals surface area contributed by atoms with E-state index in [1.807, 2.05) is 17.8 Å². The quantitative estimate of drug-likeness (QED) is 0.871. The van der Waals surface area contributed by atoms with E-state index in [4.69, 9.17) is 5.73 Å². The van der Waals surface area contributed by atoms with Gasteiger partial charge in [0.25, 0.3) is 0 Å². The van der Waals surface area contributed by atoms with Gasteiger partial charge < -0.3 is 11.1 Å². The van der Waals surface area contributed by atoms with Gasteiger partial charge in [-0.25, -0.2) is 4.39 Å². The van der Waals surface area contributed by atoms with Crippen molar-refractivity contribution in [3.63, 3.8) is 0 Å². The molecule has 106 valence electrons. The Bertz CT molecular complexity index is 423. The Morgan fingerprint density at radius 2 is 2.26 bits per heavy atom. The van der Waals surface area contributed by atoms with E-state index < -0.39 is 0 Å². The lowest BCUT2D eigenvalue weighted by Gasteiger charge is -2.29. The number of nitrogens with one attached hydrogen (secondary N) is 1. The first-order chi connectivity index (χ1) is 9.11. The molecule has 1 aromatic carbocycles. The molecule has 4 heteroatoms. The molecule has 1 heterocycles. The normalized spacial score (nSPS) is 20.4. The number of rotatable bonds is 5. The largest absolute Gasteiger partial charge is 0.330 e. The SMILES string of the molecule is CC(C)C(CN)CNC1CCSc2ccc(F)cc21. The molecule has 0 saturated carbocycles. The number of hydrogen-bond donors (Lipinski definition) is 2. The molecule has 1 aromatic rings. The van der Waals surface area contributed by atoms with E-state index in [0.717, 1.165) is 24.3 Å². The molecule has 0 bridgehead atoms. The van der Waals surface area contributed by atoms with Gasteiger partial charge in [-0.1, -0.05) is 13.8 Å². The van der Waals surface area contributed by atoms with Crippen LogP contribution in [0.25, 0.3) is 0 Å². The molecule has 0 radical (unpaired) electrons. The van der Waals surface area contributed by atoms with Crippen molar-refractivity contribution in [3.8, 4) is 0 Å². The topological polar surface area (TPSA) is 38.0 Å². The zero-order chi connectivity index (χ0) is 13.8. The predicted octanol–water partition coefficient (Wildman–Crippen LogP) is 3.18. The van der Waals surface area contributed by atoms with E-state index in [1.165, 1.54) is 4.90 Å². The van der Waals surface area contributed by atoms with Gasteiger partial charge >= 0.3 is 0 Å². The van der Waals surface area contributed by atoms with E-state index in [2.05, 4.69) is 19.2 Å². The molecular weight excluding hydrogens is 259 g/mol. The Labute approximate surface area is 119 Å². The van der Waals surface area contributed by atoms with E-state index in [0.29, 0.717) is 18.4 Å². The summed E-state index contributed by atoms with van der Waals surface area (Å²) in [4.78, 5) is 1.21. The summed E-state index contributed by atoms with van der Waals surface area (Å²) in [5.74, 6) is 1.99. The van der Waals surface area contributed by atoms with Crippen LogP contribution >= 0.6 is 11.8 Å². The van der Waals surface area contributed by atoms with Crippen molar-refractivity contribution >= 4 is 11.8 Å². The zero-order valence-corrected chi connectivity index (χ0v) is 12.5. The lowest BCUT2D eigenvalue weighted by atomic mass is 9.95. The van der Waals surface area contributed by atoms with Gasteiger partial charge in [-0.05, 0) is 60.9 Å². The number of benzene rings is 1. The summed E-state index contributed by atoms with van der Waals surface area (Å²) in [5, 5.41) is 3.58. The maximum absolute atomic E-state index is 13.4. The van der Waals surface area contributed by atoms with Gasteiger partial charge in [0.15, 0.2) is 0 Å². The third-order valence-electron chi connectivity index (χ3n) is 3.88. The molecule has 0 amide bonds. The van der Waals surface area contributed by atoms with Crippen molar-refractivity contribution in [2.75, 3.05) is 18.8 Å². The lowest BCUT2D eigenvalue weighted by molar-refractivity contribution is 0.346. The monoisotopic (exact) mass is 282 g/mol. The molecule has 2 rings (SSSR count). The number of halogens is 1. The van der Waals surface area contributed by atoms with Gasteiger partial charge in [0.1, 0.15) is 5.82 Å². The molecule has 0 fully saturated rings. The van der Waals surface area contributed by atoms with Crippen LogP contribution in [-0.4, -0.2) is 18.8 Å². The highest BCUT2D eigenvalue weighted by Crippen LogP contribution is 2.36. The van der Waals surface area contributed by atoms with Gasteiger partial charge in [0.2, 0.25) is 0 Å². The number of nitrogens with two attached hydrogens (primary N) is 1. The third-order valence-corrected chi connectivity index (χ3v) is 5.01. The Morgan fingerprint density at radius 3 is 2.95 bits per heavy atom. The van der Waals surface area contributed by atoms with Gasteiger partial charge in [0, 0.05) is 10.9 Å². The van der Waals surface area contributed by atoms with Crippen LogP contribution in [-0.2, 0) is 0 Å². The highest BCUT2D eigenvalue weighted by atomic mass is 32.2. The molecule has 3 N–H and O–H groups in total. The minimum absolute atomic E-state index is 0.146. The Kier molecular flexibility index (Phi) is 5.25. The summed E-state index contributed by atoms with van der Waals surface area (Å²) < 4.78 is 13.4. The summed E-state index contributed by atoms with van der Waals surface area (Å²) in [7, 11) is 0. The average molecular weight is 282 g/mol. The van der Waals surface area contributed by atoms with E-state index in [-0.39, 0.29) is 11.9 Å². The zero-order valence-electron chi connectivity index (χ0n) is 11.7. The predicted molar refractivity (Wildman–Crippen MR) is 79.9 cm³/mol.